The summed E-state index contributed by atoms with van der Waals surface area (Å²) in [6, 6.07) is 13.9. The number of hydrogen-bond acceptors (Lipinski definition) is 2. The van der Waals surface area contributed by atoms with Crippen LogP contribution in [0.25, 0.3) is 16.6 Å². The molecule has 0 amide bonds. The third-order valence-electron chi connectivity index (χ3n) is 4.40. The highest BCUT2D eigenvalue weighted by Crippen LogP contribution is 2.20. The number of para-hydroxylation sites is 1. The van der Waals surface area contributed by atoms with Crippen molar-refractivity contribution in [3.8, 4) is 5.69 Å². The molecular weight excluding hydrogens is 298 g/mol. The maximum Gasteiger partial charge on any atom is 0.266 e. The average molecular weight is 322 g/mol. The SMILES string of the molecule is CC[NH2+][C@H](C)c1nc2ccccc2c(=O)n1-c1cc(C)ccc1C. The van der Waals surface area contributed by atoms with E-state index in [-0.39, 0.29) is 11.6 Å². The molecule has 0 aliphatic carbocycles. The zero-order valence-electron chi connectivity index (χ0n) is 14.7. The van der Waals surface area contributed by atoms with Gasteiger partial charge in [0.25, 0.3) is 5.56 Å². The van der Waals surface area contributed by atoms with Crippen molar-refractivity contribution < 1.29 is 5.32 Å². The fraction of sp³-hybridized carbons (Fsp3) is 0.300. The summed E-state index contributed by atoms with van der Waals surface area (Å²) in [6.45, 7) is 9.23. The average Bonchev–Trinajstić information content (AvgIpc) is 2.57. The lowest BCUT2D eigenvalue weighted by Crippen LogP contribution is -2.84. The lowest BCUT2D eigenvalue weighted by atomic mass is 10.1. The Balaban J connectivity index is 2.39. The summed E-state index contributed by atoms with van der Waals surface area (Å²) < 4.78 is 1.79. The first-order valence-electron chi connectivity index (χ1n) is 8.45. The first-order valence-corrected chi connectivity index (χ1v) is 8.45. The van der Waals surface area contributed by atoms with Gasteiger partial charge in [-0.15, -0.1) is 0 Å². The summed E-state index contributed by atoms with van der Waals surface area (Å²) in [5, 5.41) is 2.85. The summed E-state index contributed by atoms with van der Waals surface area (Å²) in [5.74, 6) is 0.800. The summed E-state index contributed by atoms with van der Waals surface area (Å²) >= 11 is 0. The van der Waals surface area contributed by atoms with Crippen LogP contribution in [0.1, 0.15) is 36.8 Å². The van der Waals surface area contributed by atoms with Crippen LogP contribution in [-0.2, 0) is 0 Å². The highest BCUT2D eigenvalue weighted by atomic mass is 16.1. The van der Waals surface area contributed by atoms with Crippen LogP contribution < -0.4 is 10.9 Å². The molecule has 0 radical (unpaired) electrons. The zero-order valence-corrected chi connectivity index (χ0v) is 14.7. The minimum absolute atomic E-state index is 0.000605. The smallest absolute Gasteiger partial charge is 0.266 e. The van der Waals surface area contributed by atoms with Crippen molar-refractivity contribution in [1.82, 2.24) is 9.55 Å². The molecule has 1 aromatic heterocycles. The van der Waals surface area contributed by atoms with E-state index in [9.17, 15) is 4.79 Å². The monoisotopic (exact) mass is 322 g/mol. The lowest BCUT2D eigenvalue weighted by Gasteiger charge is -2.18. The lowest BCUT2D eigenvalue weighted by molar-refractivity contribution is -0.691. The second kappa shape index (κ2) is 6.57. The first-order chi connectivity index (χ1) is 11.5. The van der Waals surface area contributed by atoms with E-state index >= 15 is 0 Å². The van der Waals surface area contributed by atoms with Gasteiger partial charge in [0.1, 0.15) is 6.04 Å². The minimum atomic E-state index is 0.000605. The fourth-order valence-corrected chi connectivity index (χ4v) is 3.11. The second-order valence-electron chi connectivity index (χ2n) is 6.35. The molecule has 0 saturated heterocycles. The standard InChI is InChI=1S/C20H23N3O/c1-5-21-15(4)19-22-17-9-7-6-8-16(17)20(24)23(19)18-12-13(2)10-11-14(18)3/h6-12,15,21H,5H2,1-4H3/p+1/t15-/m1/s1. The molecular formula is C20H24N3O+. The van der Waals surface area contributed by atoms with Crippen LogP contribution in [-0.4, -0.2) is 16.1 Å². The number of rotatable bonds is 4. The van der Waals surface area contributed by atoms with E-state index in [0.29, 0.717) is 5.39 Å². The Morgan fingerprint density at radius 1 is 1.17 bits per heavy atom. The van der Waals surface area contributed by atoms with Crippen LogP contribution in [0.4, 0.5) is 0 Å². The number of aromatic nitrogens is 2. The highest BCUT2D eigenvalue weighted by molar-refractivity contribution is 5.78. The molecule has 0 unspecified atom stereocenters. The van der Waals surface area contributed by atoms with Crippen molar-refractivity contribution in [1.29, 1.82) is 0 Å². The van der Waals surface area contributed by atoms with Gasteiger partial charge in [0, 0.05) is 0 Å². The van der Waals surface area contributed by atoms with Crippen molar-refractivity contribution in [2.45, 2.75) is 33.7 Å². The van der Waals surface area contributed by atoms with Gasteiger partial charge in [-0.2, -0.15) is 0 Å². The Kier molecular flexibility index (Phi) is 4.49. The Hall–Kier alpha value is -2.46. The van der Waals surface area contributed by atoms with Crippen molar-refractivity contribution in [2.75, 3.05) is 6.54 Å². The van der Waals surface area contributed by atoms with Gasteiger partial charge >= 0.3 is 0 Å². The predicted molar refractivity (Wildman–Crippen MR) is 97.7 cm³/mol. The van der Waals surface area contributed by atoms with E-state index in [1.54, 1.807) is 4.57 Å². The van der Waals surface area contributed by atoms with Crippen molar-refractivity contribution in [3.05, 3.63) is 69.8 Å². The quantitative estimate of drug-likeness (QED) is 0.803. The number of nitrogens with zero attached hydrogens (tertiary/aromatic N) is 2. The van der Waals surface area contributed by atoms with Gasteiger partial charge in [0.2, 0.25) is 0 Å². The summed E-state index contributed by atoms with van der Waals surface area (Å²) in [6.07, 6.45) is 0. The molecule has 4 nitrogen and oxygen atoms in total. The Labute approximate surface area is 142 Å². The Morgan fingerprint density at radius 3 is 2.67 bits per heavy atom. The molecule has 0 aliphatic rings. The van der Waals surface area contributed by atoms with Crippen molar-refractivity contribution in [3.63, 3.8) is 0 Å². The van der Waals surface area contributed by atoms with Crippen LogP contribution in [0.15, 0.2) is 47.3 Å². The molecule has 1 heterocycles. The number of quaternary nitrogens is 1. The number of hydrogen-bond donors (Lipinski definition) is 1. The van der Waals surface area contributed by atoms with Crippen LogP contribution in [0.5, 0.6) is 0 Å². The molecule has 2 N–H and O–H groups in total. The molecule has 0 spiro atoms. The maximum atomic E-state index is 13.2. The van der Waals surface area contributed by atoms with Crippen LogP contribution in [0.2, 0.25) is 0 Å². The van der Waals surface area contributed by atoms with E-state index in [4.69, 9.17) is 4.98 Å². The topological polar surface area (TPSA) is 51.5 Å². The largest absolute Gasteiger partial charge is 0.338 e. The van der Waals surface area contributed by atoms with E-state index in [0.717, 1.165) is 34.7 Å². The van der Waals surface area contributed by atoms with Crippen LogP contribution in [0, 0.1) is 13.8 Å². The molecule has 3 aromatic rings. The second-order valence-corrected chi connectivity index (χ2v) is 6.35. The van der Waals surface area contributed by atoms with Crippen molar-refractivity contribution >= 4 is 10.9 Å². The van der Waals surface area contributed by atoms with E-state index in [1.165, 1.54) is 0 Å². The third kappa shape index (κ3) is 2.85. The van der Waals surface area contributed by atoms with Gasteiger partial charge in [-0.25, -0.2) is 4.98 Å². The number of benzene rings is 2. The molecule has 24 heavy (non-hydrogen) atoms. The number of fused-ring (bicyclic) bond motifs is 1. The normalized spacial score (nSPS) is 12.5. The van der Waals surface area contributed by atoms with Crippen LogP contribution in [0.3, 0.4) is 0 Å². The van der Waals surface area contributed by atoms with Gasteiger partial charge in [-0.05, 0) is 57.0 Å². The predicted octanol–water partition coefficient (Wildman–Crippen LogP) is 2.65. The molecule has 0 fully saturated rings. The van der Waals surface area contributed by atoms with Gasteiger partial charge in [-0.3, -0.25) is 9.36 Å². The van der Waals surface area contributed by atoms with E-state index < -0.39 is 0 Å². The molecule has 0 bridgehead atoms. The molecule has 0 saturated carbocycles. The maximum absolute atomic E-state index is 13.2. The summed E-state index contributed by atoms with van der Waals surface area (Å²) in [4.78, 5) is 18.1. The Morgan fingerprint density at radius 2 is 1.92 bits per heavy atom. The van der Waals surface area contributed by atoms with Gasteiger partial charge in [-0.1, -0.05) is 24.3 Å². The fourth-order valence-electron chi connectivity index (χ4n) is 3.11. The molecule has 124 valence electrons. The van der Waals surface area contributed by atoms with E-state index in [1.807, 2.05) is 38.1 Å². The van der Waals surface area contributed by atoms with E-state index in [2.05, 4.69) is 37.4 Å². The highest BCUT2D eigenvalue weighted by Gasteiger charge is 2.20. The molecule has 4 heteroatoms. The summed E-state index contributed by atoms with van der Waals surface area (Å²) in [5.41, 5.74) is 3.89. The molecule has 3 rings (SSSR count). The number of aryl methyl sites for hydroxylation is 2. The van der Waals surface area contributed by atoms with Gasteiger partial charge < -0.3 is 5.32 Å². The van der Waals surface area contributed by atoms with Crippen LogP contribution >= 0.6 is 0 Å². The minimum Gasteiger partial charge on any atom is -0.338 e. The molecule has 2 aromatic carbocycles. The van der Waals surface area contributed by atoms with Gasteiger partial charge in [0.15, 0.2) is 5.82 Å². The third-order valence-corrected chi connectivity index (χ3v) is 4.40. The van der Waals surface area contributed by atoms with Crippen molar-refractivity contribution in [2.24, 2.45) is 0 Å². The zero-order chi connectivity index (χ0) is 17.3. The summed E-state index contributed by atoms with van der Waals surface area (Å²) in [7, 11) is 0. The van der Waals surface area contributed by atoms with Gasteiger partial charge in [0.05, 0.1) is 23.1 Å². The molecule has 0 aliphatic heterocycles. The first kappa shape index (κ1) is 16.4. The molecule has 1 atom stereocenters. The number of nitrogens with two attached hydrogens (primary N) is 1. The Bertz CT molecular complexity index is 943.